The minimum Gasteiger partial charge on any atom is -0.355 e. The summed E-state index contributed by atoms with van der Waals surface area (Å²) in [4.78, 5) is 12.3. The van der Waals surface area contributed by atoms with Gasteiger partial charge >= 0.3 is 0 Å². The predicted octanol–water partition coefficient (Wildman–Crippen LogP) is 2.55. The minimum atomic E-state index is -3.52. The number of benzene rings is 2. The van der Waals surface area contributed by atoms with E-state index in [0.717, 1.165) is 17.5 Å². The maximum absolute atomic E-state index is 12.6. The topological polar surface area (TPSA) is 94.0 Å². The number of aromatic nitrogens is 3. The van der Waals surface area contributed by atoms with E-state index in [9.17, 15) is 13.2 Å². The maximum Gasteiger partial charge on any atom is 0.230 e. The zero-order chi connectivity index (χ0) is 21.6. The lowest BCUT2D eigenvalue weighted by Crippen LogP contribution is -2.27. The summed E-state index contributed by atoms with van der Waals surface area (Å²) in [5.41, 5.74) is 2.16. The minimum absolute atomic E-state index is 0.104. The van der Waals surface area contributed by atoms with E-state index in [-0.39, 0.29) is 22.3 Å². The Kier molecular flexibility index (Phi) is 7.28. The van der Waals surface area contributed by atoms with Crippen LogP contribution in [0.3, 0.4) is 0 Å². The third-order valence-corrected chi connectivity index (χ3v) is 7.18. The Hall–Kier alpha value is -2.65. The molecule has 0 unspecified atom stereocenters. The predicted molar refractivity (Wildman–Crippen MR) is 117 cm³/mol. The van der Waals surface area contributed by atoms with E-state index >= 15 is 0 Å². The largest absolute Gasteiger partial charge is 0.355 e. The van der Waals surface area contributed by atoms with Crippen LogP contribution >= 0.6 is 11.8 Å². The van der Waals surface area contributed by atoms with Gasteiger partial charge in [0.1, 0.15) is 11.6 Å². The summed E-state index contributed by atoms with van der Waals surface area (Å²) < 4.78 is 26.9. The SMILES string of the molecule is Cc1ccc(S(=O)(=O)Cc2nnc(SCC(=O)NCCc3ccccc3)n2C)cc1. The number of carbonyl (C=O) groups is 1. The van der Waals surface area contributed by atoms with Crippen LogP contribution in [0.25, 0.3) is 0 Å². The molecule has 1 amide bonds. The molecule has 0 aliphatic heterocycles. The second-order valence-electron chi connectivity index (χ2n) is 6.90. The lowest BCUT2D eigenvalue weighted by atomic mass is 10.1. The van der Waals surface area contributed by atoms with Gasteiger partial charge in [0.15, 0.2) is 15.0 Å². The van der Waals surface area contributed by atoms with Crippen molar-refractivity contribution in [3.63, 3.8) is 0 Å². The zero-order valence-electron chi connectivity index (χ0n) is 16.9. The zero-order valence-corrected chi connectivity index (χ0v) is 18.5. The van der Waals surface area contributed by atoms with Crippen molar-refractivity contribution in [3.8, 4) is 0 Å². The summed E-state index contributed by atoms with van der Waals surface area (Å²) in [5.74, 6) is 0.171. The molecular weight excluding hydrogens is 420 g/mol. The number of amides is 1. The van der Waals surface area contributed by atoms with Crippen LogP contribution in [0.15, 0.2) is 64.6 Å². The van der Waals surface area contributed by atoms with Gasteiger partial charge in [-0.15, -0.1) is 10.2 Å². The van der Waals surface area contributed by atoms with Crippen molar-refractivity contribution in [2.75, 3.05) is 12.3 Å². The number of hydrogen-bond acceptors (Lipinski definition) is 6. The fourth-order valence-electron chi connectivity index (χ4n) is 2.77. The Labute approximate surface area is 180 Å². The fourth-order valence-corrected chi connectivity index (χ4v) is 4.84. The molecule has 30 heavy (non-hydrogen) atoms. The third-order valence-electron chi connectivity index (χ3n) is 4.54. The highest BCUT2D eigenvalue weighted by atomic mass is 32.2. The quantitative estimate of drug-likeness (QED) is 0.510. The first-order chi connectivity index (χ1) is 14.3. The van der Waals surface area contributed by atoms with Gasteiger partial charge in [-0.05, 0) is 31.0 Å². The van der Waals surface area contributed by atoms with E-state index < -0.39 is 9.84 Å². The van der Waals surface area contributed by atoms with Gasteiger partial charge in [-0.3, -0.25) is 4.79 Å². The smallest absolute Gasteiger partial charge is 0.230 e. The Bertz CT molecular complexity index is 1100. The molecule has 0 fully saturated rings. The Morgan fingerprint density at radius 2 is 1.77 bits per heavy atom. The van der Waals surface area contributed by atoms with Crippen molar-refractivity contribution in [1.29, 1.82) is 0 Å². The molecule has 2 aromatic carbocycles. The highest BCUT2D eigenvalue weighted by Gasteiger charge is 2.20. The van der Waals surface area contributed by atoms with Crippen LogP contribution in [-0.2, 0) is 33.9 Å². The monoisotopic (exact) mass is 444 g/mol. The molecule has 0 saturated heterocycles. The average Bonchev–Trinajstić information content (AvgIpc) is 3.06. The number of carbonyl (C=O) groups excluding carboxylic acids is 1. The van der Waals surface area contributed by atoms with Gasteiger partial charge in [-0.1, -0.05) is 59.8 Å². The van der Waals surface area contributed by atoms with Gasteiger partial charge in [0.25, 0.3) is 0 Å². The molecule has 7 nitrogen and oxygen atoms in total. The van der Waals surface area contributed by atoms with Crippen LogP contribution in [0.2, 0.25) is 0 Å². The van der Waals surface area contributed by atoms with E-state index in [1.54, 1.807) is 35.9 Å². The normalized spacial score (nSPS) is 11.4. The number of nitrogens with zero attached hydrogens (tertiary/aromatic N) is 3. The molecule has 0 atom stereocenters. The second kappa shape index (κ2) is 9.90. The highest BCUT2D eigenvalue weighted by Crippen LogP contribution is 2.20. The van der Waals surface area contributed by atoms with Crippen LogP contribution < -0.4 is 5.32 Å². The van der Waals surface area contributed by atoms with Crippen LogP contribution in [0.1, 0.15) is 17.0 Å². The van der Waals surface area contributed by atoms with Gasteiger partial charge < -0.3 is 9.88 Å². The average molecular weight is 445 g/mol. The summed E-state index contributed by atoms with van der Waals surface area (Å²) in [6, 6.07) is 16.7. The van der Waals surface area contributed by atoms with Gasteiger partial charge in [0.05, 0.1) is 10.6 Å². The van der Waals surface area contributed by atoms with Gasteiger partial charge in [-0.2, -0.15) is 0 Å². The van der Waals surface area contributed by atoms with Crippen LogP contribution in [0.5, 0.6) is 0 Å². The molecular formula is C21H24N4O3S2. The molecule has 3 rings (SSSR count). The van der Waals surface area contributed by atoms with Crippen molar-refractivity contribution in [1.82, 2.24) is 20.1 Å². The van der Waals surface area contributed by atoms with E-state index in [1.165, 1.54) is 11.8 Å². The van der Waals surface area contributed by atoms with Crippen molar-refractivity contribution < 1.29 is 13.2 Å². The van der Waals surface area contributed by atoms with Crippen molar-refractivity contribution in [2.24, 2.45) is 7.05 Å². The first kappa shape index (κ1) is 22.0. The molecule has 0 saturated carbocycles. The molecule has 0 aliphatic rings. The Balaban J connectivity index is 1.52. The summed E-state index contributed by atoms with van der Waals surface area (Å²) in [7, 11) is -1.82. The van der Waals surface area contributed by atoms with Crippen LogP contribution in [0.4, 0.5) is 0 Å². The summed E-state index contributed by atoms with van der Waals surface area (Å²) >= 11 is 1.23. The lowest BCUT2D eigenvalue weighted by molar-refractivity contribution is -0.118. The van der Waals surface area contributed by atoms with E-state index in [0.29, 0.717) is 17.5 Å². The number of nitrogens with one attached hydrogen (secondary N) is 1. The molecule has 0 spiro atoms. The molecule has 1 heterocycles. The number of rotatable bonds is 9. The van der Waals surface area contributed by atoms with E-state index in [2.05, 4.69) is 15.5 Å². The van der Waals surface area contributed by atoms with Crippen molar-refractivity contribution in [2.45, 2.75) is 29.1 Å². The van der Waals surface area contributed by atoms with Gasteiger partial charge in [0.2, 0.25) is 5.91 Å². The standard InChI is InChI=1S/C21H24N4O3S2/c1-16-8-10-18(11-9-16)30(27,28)15-19-23-24-21(25(19)2)29-14-20(26)22-13-12-17-6-4-3-5-7-17/h3-11H,12-15H2,1-2H3,(H,22,26). The summed E-state index contributed by atoms with van der Waals surface area (Å²) in [6.07, 6.45) is 0.766. The number of aryl methyl sites for hydroxylation is 1. The number of thioether (sulfide) groups is 1. The summed E-state index contributed by atoms with van der Waals surface area (Å²) in [5, 5.41) is 11.4. The summed E-state index contributed by atoms with van der Waals surface area (Å²) in [6.45, 7) is 2.46. The van der Waals surface area contributed by atoms with Crippen LogP contribution in [0, 0.1) is 6.92 Å². The van der Waals surface area contributed by atoms with E-state index in [1.807, 2.05) is 37.3 Å². The molecule has 158 valence electrons. The van der Waals surface area contributed by atoms with Gasteiger partial charge in [-0.25, -0.2) is 8.42 Å². The first-order valence-electron chi connectivity index (χ1n) is 9.46. The molecule has 0 aliphatic carbocycles. The fraction of sp³-hybridized carbons (Fsp3) is 0.286. The Morgan fingerprint density at radius 1 is 1.07 bits per heavy atom. The van der Waals surface area contributed by atoms with Crippen LogP contribution in [-0.4, -0.2) is 41.4 Å². The van der Waals surface area contributed by atoms with E-state index in [4.69, 9.17) is 0 Å². The molecule has 1 aromatic heterocycles. The molecule has 0 bridgehead atoms. The third kappa shape index (κ3) is 5.93. The molecule has 1 N–H and O–H groups in total. The van der Waals surface area contributed by atoms with Crippen molar-refractivity contribution in [3.05, 3.63) is 71.5 Å². The van der Waals surface area contributed by atoms with Gasteiger partial charge in [0, 0.05) is 13.6 Å². The lowest BCUT2D eigenvalue weighted by Gasteiger charge is -2.07. The van der Waals surface area contributed by atoms with Crippen molar-refractivity contribution >= 4 is 27.5 Å². The Morgan fingerprint density at radius 3 is 2.47 bits per heavy atom. The molecule has 3 aromatic rings. The highest BCUT2D eigenvalue weighted by molar-refractivity contribution is 7.99. The molecule has 0 radical (unpaired) electrons. The number of hydrogen-bond donors (Lipinski definition) is 1. The number of sulfone groups is 1. The second-order valence-corrected chi connectivity index (χ2v) is 9.84. The maximum atomic E-state index is 12.6. The molecule has 9 heteroatoms. The first-order valence-corrected chi connectivity index (χ1v) is 12.1.